The number of benzene rings is 1. The second-order valence-corrected chi connectivity index (χ2v) is 6.73. The molecule has 21 heavy (non-hydrogen) atoms. The zero-order valence-electron chi connectivity index (χ0n) is 11.0. The molecule has 0 fully saturated rings. The number of rotatable bonds is 2. The molecule has 3 nitrogen and oxygen atoms in total. The van der Waals surface area contributed by atoms with Gasteiger partial charge in [-0.15, -0.1) is 11.8 Å². The van der Waals surface area contributed by atoms with Gasteiger partial charge in [-0.1, -0.05) is 12.1 Å². The number of amides is 1. The van der Waals surface area contributed by atoms with E-state index >= 15 is 0 Å². The van der Waals surface area contributed by atoms with Crippen LogP contribution < -0.4 is 5.32 Å². The van der Waals surface area contributed by atoms with Crippen LogP contribution in [0.15, 0.2) is 46.0 Å². The van der Waals surface area contributed by atoms with Gasteiger partial charge in [-0.3, -0.25) is 9.78 Å². The number of thioether (sulfide) groups is 1. The molecule has 3 rings (SSSR count). The molecular formula is C15H12BrFN2OS. The van der Waals surface area contributed by atoms with Crippen LogP contribution in [-0.4, -0.2) is 16.6 Å². The Labute approximate surface area is 134 Å². The van der Waals surface area contributed by atoms with Crippen LogP contribution in [-0.2, 0) is 0 Å². The van der Waals surface area contributed by atoms with Gasteiger partial charge in [-0.2, -0.15) is 0 Å². The Morgan fingerprint density at radius 2 is 2.29 bits per heavy atom. The molecule has 1 aliphatic rings. The second kappa shape index (κ2) is 6.15. The van der Waals surface area contributed by atoms with Crippen LogP contribution in [0.4, 0.5) is 4.39 Å². The molecule has 1 N–H and O–H groups in total. The number of carbonyl (C=O) groups is 1. The summed E-state index contributed by atoms with van der Waals surface area (Å²) in [6.07, 6.45) is 3.93. The van der Waals surface area contributed by atoms with E-state index < -0.39 is 0 Å². The predicted octanol–water partition coefficient (Wildman–Crippen LogP) is 3.95. The monoisotopic (exact) mass is 366 g/mol. The molecule has 1 aliphatic heterocycles. The maximum absolute atomic E-state index is 13.8. The SMILES string of the molecule is O=C(NC1CCSc2c(F)cccc21)c1cncc(Br)c1. The molecule has 1 atom stereocenters. The molecule has 6 heteroatoms. The molecule has 0 radical (unpaired) electrons. The zero-order chi connectivity index (χ0) is 14.8. The lowest BCUT2D eigenvalue weighted by atomic mass is 10.0. The highest BCUT2D eigenvalue weighted by molar-refractivity contribution is 9.10. The fourth-order valence-corrected chi connectivity index (χ4v) is 3.82. The van der Waals surface area contributed by atoms with Gasteiger partial charge in [0.2, 0.25) is 0 Å². The number of hydrogen-bond acceptors (Lipinski definition) is 3. The van der Waals surface area contributed by atoms with Crippen molar-refractivity contribution in [2.75, 3.05) is 5.75 Å². The molecule has 1 unspecified atom stereocenters. The first kappa shape index (κ1) is 14.5. The van der Waals surface area contributed by atoms with Gasteiger partial charge in [0.1, 0.15) is 5.82 Å². The van der Waals surface area contributed by atoms with Crippen LogP contribution in [0.1, 0.15) is 28.4 Å². The third-order valence-electron chi connectivity index (χ3n) is 3.30. The van der Waals surface area contributed by atoms with Gasteiger partial charge in [0.15, 0.2) is 0 Å². The molecule has 108 valence electrons. The van der Waals surface area contributed by atoms with Crippen molar-refractivity contribution in [2.24, 2.45) is 0 Å². The summed E-state index contributed by atoms with van der Waals surface area (Å²) in [6, 6.07) is 6.55. The van der Waals surface area contributed by atoms with E-state index in [1.165, 1.54) is 24.0 Å². The van der Waals surface area contributed by atoms with E-state index in [0.29, 0.717) is 10.5 Å². The van der Waals surface area contributed by atoms with Crippen molar-refractivity contribution in [3.8, 4) is 0 Å². The molecule has 1 amide bonds. The Morgan fingerprint density at radius 3 is 3.10 bits per heavy atom. The van der Waals surface area contributed by atoms with E-state index in [9.17, 15) is 9.18 Å². The summed E-state index contributed by atoms with van der Waals surface area (Å²) >= 11 is 4.79. The fourth-order valence-electron chi connectivity index (χ4n) is 2.31. The third-order valence-corrected chi connectivity index (χ3v) is 4.89. The minimum atomic E-state index is -0.222. The van der Waals surface area contributed by atoms with Crippen LogP contribution >= 0.6 is 27.7 Å². The Morgan fingerprint density at radius 1 is 1.43 bits per heavy atom. The van der Waals surface area contributed by atoms with Crippen molar-refractivity contribution in [3.05, 3.63) is 58.1 Å². The molecule has 1 aromatic heterocycles. The van der Waals surface area contributed by atoms with Gasteiger partial charge < -0.3 is 5.32 Å². The topological polar surface area (TPSA) is 42.0 Å². The van der Waals surface area contributed by atoms with Gasteiger partial charge in [0.25, 0.3) is 5.91 Å². The van der Waals surface area contributed by atoms with E-state index in [1.807, 2.05) is 6.07 Å². The summed E-state index contributed by atoms with van der Waals surface area (Å²) in [5, 5.41) is 2.97. The van der Waals surface area contributed by atoms with Crippen LogP contribution in [0.25, 0.3) is 0 Å². The molecule has 0 saturated carbocycles. The van der Waals surface area contributed by atoms with Crippen LogP contribution in [0, 0.1) is 5.82 Å². The van der Waals surface area contributed by atoms with Crippen LogP contribution in [0.5, 0.6) is 0 Å². The van der Waals surface area contributed by atoms with E-state index in [2.05, 4.69) is 26.2 Å². The number of halogens is 2. The third kappa shape index (κ3) is 3.11. The number of carbonyl (C=O) groups excluding carboxylic acids is 1. The standard InChI is InChI=1S/C15H12BrFN2OS/c16-10-6-9(7-18-8-10)15(20)19-13-4-5-21-14-11(13)2-1-3-12(14)17/h1-3,6-8,13H,4-5H2,(H,19,20). The van der Waals surface area contributed by atoms with E-state index in [-0.39, 0.29) is 17.8 Å². The smallest absolute Gasteiger partial charge is 0.253 e. The van der Waals surface area contributed by atoms with Gasteiger partial charge in [-0.05, 0) is 40.0 Å². The Hall–Kier alpha value is -1.40. The Balaban J connectivity index is 1.84. The number of pyridine rings is 1. The average molecular weight is 367 g/mol. The summed E-state index contributed by atoms with van der Waals surface area (Å²) in [5.74, 6) is 0.367. The van der Waals surface area contributed by atoms with Crippen molar-refractivity contribution < 1.29 is 9.18 Å². The average Bonchev–Trinajstić information content (AvgIpc) is 2.48. The summed E-state index contributed by atoms with van der Waals surface area (Å²) in [7, 11) is 0. The number of nitrogens with one attached hydrogen (secondary N) is 1. The normalized spacial score (nSPS) is 17.1. The summed E-state index contributed by atoms with van der Waals surface area (Å²) in [4.78, 5) is 16.9. The second-order valence-electron chi connectivity index (χ2n) is 4.71. The van der Waals surface area contributed by atoms with Gasteiger partial charge >= 0.3 is 0 Å². The molecule has 2 heterocycles. The first-order chi connectivity index (χ1) is 10.1. The Kier molecular flexibility index (Phi) is 4.26. The van der Waals surface area contributed by atoms with E-state index in [0.717, 1.165) is 22.2 Å². The Bertz CT molecular complexity index is 695. The molecule has 0 bridgehead atoms. The molecule has 1 aromatic carbocycles. The zero-order valence-corrected chi connectivity index (χ0v) is 13.4. The van der Waals surface area contributed by atoms with E-state index in [1.54, 1.807) is 18.3 Å². The quantitative estimate of drug-likeness (QED) is 0.874. The number of hydrogen-bond donors (Lipinski definition) is 1. The van der Waals surface area contributed by atoms with Crippen molar-refractivity contribution in [1.82, 2.24) is 10.3 Å². The minimum Gasteiger partial charge on any atom is -0.345 e. The highest BCUT2D eigenvalue weighted by atomic mass is 79.9. The summed E-state index contributed by atoms with van der Waals surface area (Å²) in [5.41, 5.74) is 1.34. The maximum Gasteiger partial charge on any atom is 0.253 e. The maximum atomic E-state index is 13.8. The van der Waals surface area contributed by atoms with Crippen molar-refractivity contribution >= 4 is 33.6 Å². The minimum absolute atomic E-state index is 0.163. The lowest BCUT2D eigenvalue weighted by molar-refractivity contribution is 0.0934. The number of nitrogens with zero attached hydrogens (tertiary/aromatic N) is 1. The lowest BCUT2D eigenvalue weighted by Crippen LogP contribution is -2.31. The number of fused-ring (bicyclic) bond motifs is 1. The van der Waals surface area contributed by atoms with Crippen molar-refractivity contribution in [1.29, 1.82) is 0 Å². The first-order valence-electron chi connectivity index (χ1n) is 6.48. The van der Waals surface area contributed by atoms with Crippen molar-refractivity contribution in [3.63, 3.8) is 0 Å². The van der Waals surface area contributed by atoms with Gasteiger partial charge in [0.05, 0.1) is 11.6 Å². The molecule has 2 aromatic rings. The van der Waals surface area contributed by atoms with E-state index in [4.69, 9.17) is 0 Å². The highest BCUT2D eigenvalue weighted by Crippen LogP contribution is 2.37. The molecule has 0 saturated heterocycles. The van der Waals surface area contributed by atoms with Crippen LogP contribution in [0.2, 0.25) is 0 Å². The van der Waals surface area contributed by atoms with Gasteiger partial charge in [0, 0.05) is 27.5 Å². The predicted molar refractivity (Wildman–Crippen MR) is 83.9 cm³/mol. The first-order valence-corrected chi connectivity index (χ1v) is 8.25. The summed E-state index contributed by atoms with van der Waals surface area (Å²) in [6.45, 7) is 0. The highest BCUT2D eigenvalue weighted by Gasteiger charge is 2.24. The van der Waals surface area contributed by atoms with Crippen molar-refractivity contribution in [2.45, 2.75) is 17.4 Å². The molecular weight excluding hydrogens is 355 g/mol. The largest absolute Gasteiger partial charge is 0.345 e. The number of aromatic nitrogens is 1. The molecule has 0 aliphatic carbocycles. The summed E-state index contributed by atoms with van der Waals surface area (Å²) < 4.78 is 14.6. The lowest BCUT2D eigenvalue weighted by Gasteiger charge is -2.26. The fraction of sp³-hybridized carbons (Fsp3) is 0.200. The van der Waals surface area contributed by atoms with Gasteiger partial charge in [-0.25, -0.2) is 4.39 Å². The van der Waals surface area contributed by atoms with Crippen LogP contribution in [0.3, 0.4) is 0 Å². The molecule has 0 spiro atoms.